The molecule has 2 N–H and O–H groups in total. The second-order valence-corrected chi connectivity index (χ2v) is 5.32. The standard InChI is InChI=1S/C4HF9O3S.C3H4F4O/c5-1(6,3(9,10)11)2(7,8)4(12,13)17(14,15)16;4-2(5)3(6,7)1-8/h(H,14,15,16);2,8H,1H2. The fourth-order valence-corrected chi connectivity index (χ4v) is 1.04. The van der Waals surface area contributed by atoms with Gasteiger partial charge in [-0.1, -0.05) is 0 Å². The summed E-state index contributed by atoms with van der Waals surface area (Å²) < 4.78 is 178. The van der Waals surface area contributed by atoms with Gasteiger partial charge in [0.05, 0.1) is 0 Å². The molecule has 0 aliphatic heterocycles. The molecule has 0 aromatic carbocycles. The van der Waals surface area contributed by atoms with Crippen LogP contribution in [0, 0.1) is 0 Å². The van der Waals surface area contributed by atoms with Gasteiger partial charge in [0.1, 0.15) is 6.61 Å². The summed E-state index contributed by atoms with van der Waals surface area (Å²) in [4.78, 5) is 0. The quantitative estimate of drug-likeness (QED) is 0.517. The average Bonchev–Trinajstić information content (AvgIpc) is 2.36. The number of alkyl halides is 13. The van der Waals surface area contributed by atoms with Crippen molar-refractivity contribution in [1.82, 2.24) is 0 Å². The Hall–Kier alpha value is -1.04. The van der Waals surface area contributed by atoms with Gasteiger partial charge in [-0.15, -0.1) is 0 Å². The largest absolute Gasteiger partial charge is 0.460 e. The van der Waals surface area contributed by atoms with Gasteiger partial charge in [-0.05, 0) is 0 Å². The first-order valence-corrected chi connectivity index (χ1v) is 6.38. The van der Waals surface area contributed by atoms with E-state index in [4.69, 9.17) is 9.66 Å². The highest BCUT2D eigenvalue weighted by Crippen LogP contribution is 2.54. The Morgan fingerprint density at radius 3 is 1.20 bits per heavy atom. The van der Waals surface area contributed by atoms with Crippen LogP contribution in [-0.4, -0.2) is 60.3 Å². The van der Waals surface area contributed by atoms with Crippen molar-refractivity contribution in [3.63, 3.8) is 0 Å². The zero-order valence-corrected chi connectivity index (χ0v) is 11.6. The van der Waals surface area contributed by atoms with Crippen LogP contribution in [0.1, 0.15) is 0 Å². The van der Waals surface area contributed by atoms with Crippen LogP contribution in [0.25, 0.3) is 0 Å². The molecule has 0 heterocycles. The van der Waals surface area contributed by atoms with Gasteiger partial charge in [-0.25, -0.2) is 8.78 Å². The molecule has 25 heavy (non-hydrogen) atoms. The van der Waals surface area contributed by atoms with Gasteiger partial charge in [-0.3, -0.25) is 4.55 Å². The van der Waals surface area contributed by atoms with Gasteiger partial charge < -0.3 is 5.11 Å². The second kappa shape index (κ2) is 7.29. The van der Waals surface area contributed by atoms with E-state index in [2.05, 4.69) is 0 Å². The summed E-state index contributed by atoms with van der Waals surface area (Å²) in [5.41, 5.74) is 0. The normalized spacial score (nSPS) is 15.0. The van der Waals surface area contributed by atoms with Crippen LogP contribution in [-0.2, 0) is 10.1 Å². The molecule has 18 heteroatoms. The number of halogens is 13. The minimum Gasteiger partial charge on any atom is -0.390 e. The van der Waals surface area contributed by atoms with E-state index < -0.39 is 52.3 Å². The van der Waals surface area contributed by atoms with Crippen LogP contribution in [0.5, 0.6) is 0 Å². The predicted molar refractivity (Wildman–Crippen MR) is 50.5 cm³/mol. The average molecular weight is 432 g/mol. The minimum absolute atomic E-state index is 1.80. The number of aliphatic hydroxyl groups is 1. The molecule has 0 aliphatic carbocycles. The van der Waals surface area contributed by atoms with E-state index >= 15 is 0 Å². The monoisotopic (exact) mass is 432 g/mol. The maximum Gasteiger partial charge on any atom is 0.460 e. The Morgan fingerprint density at radius 2 is 1.08 bits per heavy atom. The molecule has 0 aromatic rings. The molecular weight excluding hydrogens is 427 g/mol. The minimum atomic E-state index is -7.37. The highest BCUT2D eigenvalue weighted by atomic mass is 32.2. The molecular formula is C7H5F13O4S. The first-order chi connectivity index (χ1) is 10.5. The Balaban J connectivity index is 0. The zero-order chi connectivity index (χ0) is 21.3. The van der Waals surface area contributed by atoms with Crippen molar-refractivity contribution in [1.29, 1.82) is 0 Å². The van der Waals surface area contributed by atoms with Gasteiger partial charge >= 0.3 is 45.7 Å². The summed E-state index contributed by atoms with van der Waals surface area (Å²) in [7, 11) is -7.17. The van der Waals surface area contributed by atoms with Crippen LogP contribution < -0.4 is 0 Å². The zero-order valence-electron chi connectivity index (χ0n) is 10.8. The van der Waals surface area contributed by atoms with Gasteiger partial charge in [0.15, 0.2) is 0 Å². The summed E-state index contributed by atoms with van der Waals surface area (Å²) in [5, 5.41) is 0.533. The molecule has 0 atom stereocenters. The number of hydrogen-bond acceptors (Lipinski definition) is 3. The van der Waals surface area contributed by atoms with E-state index in [1.54, 1.807) is 0 Å². The van der Waals surface area contributed by atoms with E-state index in [1.165, 1.54) is 0 Å². The number of rotatable bonds is 5. The molecule has 0 saturated carbocycles. The summed E-state index contributed by atoms with van der Waals surface area (Å²) in [5.74, 6) is -19.0. The summed E-state index contributed by atoms with van der Waals surface area (Å²) in [6.07, 6.45) is -10.9. The van der Waals surface area contributed by atoms with Crippen molar-refractivity contribution in [2.75, 3.05) is 6.61 Å². The lowest BCUT2D eigenvalue weighted by Crippen LogP contribution is -2.63. The molecule has 0 fully saturated rings. The first-order valence-electron chi connectivity index (χ1n) is 4.94. The van der Waals surface area contributed by atoms with Gasteiger partial charge in [-0.2, -0.15) is 56.7 Å². The molecule has 4 nitrogen and oxygen atoms in total. The highest BCUT2D eigenvalue weighted by molar-refractivity contribution is 7.87. The lowest BCUT2D eigenvalue weighted by molar-refractivity contribution is -0.382. The third kappa shape index (κ3) is 5.22. The van der Waals surface area contributed by atoms with Crippen molar-refractivity contribution in [2.24, 2.45) is 0 Å². The van der Waals surface area contributed by atoms with Crippen LogP contribution in [0.4, 0.5) is 57.1 Å². The van der Waals surface area contributed by atoms with Crippen molar-refractivity contribution in [3.05, 3.63) is 0 Å². The van der Waals surface area contributed by atoms with Gasteiger partial charge in [0.25, 0.3) is 0 Å². The van der Waals surface area contributed by atoms with Gasteiger partial charge in [0, 0.05) is 0 Å². The van der Waals surface area contributed by atoms with Crippen LogP contribution in [0.15, 0.2) is 0 Å². The number of aliphatic hydroxyl groups excluding tert-OH is 1. The van der Waals surface area contributed by atoms with E-state index in [1.807, 2.05) is 0 Å². The van der Waals surface area contributed by atoms with Crippen molar-refractivity contribution in [2.45, 2.75) is 35.6 Å². The van der Waals surface area contributed by atoms with Crippen molar-refractivity contribution < 1.29 is 75.2 Å². The third-order valence-corrected chi connectivity index (χ3v) is 2.87. The Morgan fingerprint density at radius 1 is 0.760 bits per heavy atom. The maximum absolute atomic E-state index is 12.2. The molecule has 0 radical (unpaired) electrons. The third-order valence-electron chi connectivity index (χ3n) is 1.97. The predicted octanol–water partition coefficient (Wildman–Crippen LogP) is 3.18. The van der Waals surface area contributed by atoms with E-state index in [-0.39, 0.29) is 0 Å². The maximum atomic E-state index is 12.2. The summed E-state index contributed by atoms with van der Waals surface area (Å²) in [6, 6.07) is 0. The Bertz CT molecular complexity index is 537. The number of hydrogen-bond donors (Lipinski definition) is 2. The molecule has 0 bridgehead atoms. The smallest absolute Gasteiger partial charge is 0.390 e. The first kappa shape index (κ1) is 26.2. The van der Waals surface area contributed by atoms with Crippen molar-refractivity contribution >= 4 is 10.1 Å². The van der Waals surface area contributed by atoms with Crippen LogP contribution in [0.3, 0.4) is 0 Å². The molecule has 0 spiro atoms. The SMILES string of the molecule is O=S(=O)(O)C(F)(F)C(F)(F)C(F)(F)C(F)(F)F.OCC(F)(F)C(F)F. The Labute approximate surface area is 129 Å². The van der Waals surface area contributed by atoms with Crippen LogP contribution >= 0.6 is 0 Å². The second-order valence-electron chi connectivity index (χ2n) is 3.86. The van der Waals surface area contributed by atoms with E-state index in [0.29, 0.717) is 0 Å². The topological polar surface area (TPSA) is 74.6 Å². The molecule has 0 rings (SSSR count). The fourth-order valence-electron chi connectivity index (χ4n) is 0.592. The molecule has 0 unspecified atom stereocenters. The molecule has 0 amide bonds. The lowest BCUT2D eigenvalue weighted by Gasteiger charge is -2.31. The lowest BCUT2D eigenvalue weighted by atomic mass is 10.1. The molecule has 0 aliphatic rings. The summed E-state index contributed by atoms with van der Waals surface area (Å²) in [6.45, 7) is -1.80. The highest BCUT2D eigenvalue weighted by Gasteiger charge is 2.85. The molecule has 0 aromatic heterocycles. The van der Waals surface area contributed by atoms with Crippen molar-refractivity contribution in [3.8, 4) is 0 Å². The Kier molecular flexibility index (Phi) is 7.64. The fraction of sp³-hybridized carbons (Fsp3) is 1.00. The molecule has 154 valence electrons. The molecule has 0 saturated heterocycles. The van der Waals surface area contributed by atoms with Gasteiger partial charge in [0.2, 0.25) is 0 Å². The van der Waals surface area contributed by atoms with Crippen LogP contribution in [0.2, 0.25) is 0 Å². The van der Waals surface area contributed by atoms with E-state index in [0.717, 1.165) is 0 Å². The van der Waals surface area contributed by atoms with E-state index in [9.17, 15) is 65.5 Å². The summed E-state index contributed by atoms with van der Waals surface area (Å²) >= 11 is 0.